The van der Waals surface area contributed by atoms with E-state index in [1.54, 1.807) is 11.8 Å². The lowest BCUT2D eigenvalue weighted by Crippen LogP contribution is -1.95. The van der Waals surface area contributed by atoms with E-state index in [1.807, 2.05) is 12.1 Å². The SMILES string of the molecule is Cc1ccccc1CSCCCC(=O)O. The molecule has 15 heavy (non-hydrogen) atoms. The van der Waals surface area contributed by atoms with Crippen molar-refractivity contribution in [3.63, 3.8) is 0 Å². The maximum Gasteiger partial charge on any atom is 0.303 e. The predicted molar refractivity (Wildman–Crippen MR) is 64.2 cm³/mol. The van der Waals surface area contributed by atoms with E-state index in [9.17, 15) is 4.79 Å². The fourth-order valence-electron chi connectivity index (χ4n) is 1.28. The molecule has 0 fully saturated rings. The van der Waals surface area contributed by atoms with E-state index in [0.717, 1.165) is 17.9 Å². The van der Waals surface area contributed by atoms with Crippen molar-refractivity contribution >= 4 is 17.7 Å². The van der Waals surface area contributed by atoms with E-state index in [0.29, 0.717) is 0 Å². The summed E-state index contributed by atoms with van der Waals surface area (Å²) in [5, 5.41) is 8.46. The molecule has 1 aromatic rings. The van der Waals surface area contributed by atoms with Gasteiger partial charge in [0.15, 0.2) is 0 Å². The Labute approximate surface area is 94.7 Å². The molecule has 0 radical (unpaired) electrons. The zero-order valence-corrected chi connectivity index (χ0v) is 9.72. The Balaban J connectivity index is 2.21. The van der Waals surface area contributed by atoms with Crippen molar-refractivity contribution in [2.24, 2.45) is 0 Å². The first-order valence-corrected chi connectivity index (χ1v) is 6.19. The van der Waals surface area contributed by atoms with Crippen LogP contribution in [-0.2, 0) is 10.5 Å². The Kier molecular flexibility index (Phi) is 5.26. The lowest BCUT2D eigenvalue weighted by atomic mass is 10.1. The van der Waals surface area contributed by atoms with E-state index in [4.69, 9.17) is 5.11 Å². The second-order valence-electron chi connectivity index (χ2n) is 3.48. The van der Waals surface area contributed by atoms with Gasteiger partial charge in [-0.05, 0) is 30.2 Å². The third kappa shape index (κ3) is 4.88. The van der Waals surface area contributed by atoms with Crippen molar-refractivity contribution in [2.75, 3.05) is 5.75 Å². The second-order valence-corrected chi connectivity index (χ2v) is 4.58. The largest absolute Gasteiger partial charge is 0.481 e. The highest BCUT2D eigenvalue weighted by Gasteiger charge is 1.99. The monoisotopic (exact) mass is 224 g/mol. The van der Waals surface area contributed by atoms with Crippen LogP contribution in [0.5, 0.6) is 0 Å². The summed E-state index contributed by atoms with van der Waals surface area (Å²) in [6.07, 6.45) is 1.03. The molecule has 0 aliphatic heterocycles. The minimum Gasteiger partial charge on any atom is -0.481 e. The minimum atomic E-state index is -0.702. The van der Waals surface area contributed by atoms with Crippen LogP contribution in [0.2, 0.25) is 0 Å². The van der Waals surface area contributed by atoms with Crippen molar-refractivity contribution in [3.8, 4) is 0 Å². The molecule has 0 aliphatic rings. The Hall–Kier alpha value is -0.960. The van der Waals surface area contributed by atoms with Crippen molar-refractivity contribution in [1.82, 2.24) is 0 Å². The number of thioether (sulfide) groups is 1. The Morgan fingerprint density at radius 1 is 1.40 bits per heavy atom. The number of carbonyl (C=O) groups is 1. The number of aryl methyl sites for hydroxylation is 1. The summed E-state index contributed by atoms with van der Waals surface area (Å²) in [5.74, 6) is 1.19. The van der Waals surface area contributed by atoms with Crippen LogP contribution >= 0.6 is 11.8 Å². The van der Waals surface area contributed by atoms with Gasteiger partial charge in [-0.25, -0.2) is 0 Å². The van der Waals surface area contributed by atoms with Crippen LogP contribution in [-0.4, -0.2) is 16.8 Å². The highest BCUT2D eigenvalue weighted by molar-refractivity contribution is 7.98. The second kappa shape index (κ2) is 6.51. The summed E-state index contributed by atoms with van der Waals surface area (Å²) in [4.78, 5) is 10.3. The minimum absolute atomic E-state index is 0.279. The molecule has 0 unspecified atom stereocenters. The zero-order valence-electron chi connectivity index (χ0n) is 8.90. The average Bonchev–Trinajstić information content (AvgIpc) is 2.20. The van der Waals surface area contributed by atoms with Crippen LogP contribution < -0.4 is 0 Å². The summed E-state index contributed by atoms with van der Waals surface area (Å²) >= 11 is 1.80. The fraction of sp³-hybridized carbons (Fsp3) is 0.417. The van der Waals surface area contributed by atoms with Gasteiger partial charge in [0.2, 0.25) is 0 Å². The first kappa shape index (κ1) is 12.1. The molecule has 0 heterocycles. The molecular weight excluding hydrogens is 208 g/mol. The van der Waals surface area contributed by atoms with Crippen molar-refractivity contribution < 1.29 is 9.90 Å². The lowest BCUT2D eigenvalue weighted by molar-refractivity contribution is -0.137. The van der Waals surface area contributed by atoms with Gasteiger partial charge < -0.3 is 5.11 Å². The maximum atomic E-state index is 10.3. The van der Waals surface area contributed by atoms with Gasteiger partial charge in [-0.15, -0.1) is 0 Å². The van der Waals surface area contributed by atoms with Crippen molar-refractivity contribution in [2.45, 2.75) is 25.5 Å². The lowest BCUT2D eigenvalue weighted by Gasteiger charge is -2.04. The normalized spacial score (nSPS) is 10.2. The zero-order chi connectivity index (χ0) is 11.1. The molecule has 1 aromatic carbocycles. The maximum absolute atomic E-state index is 10.3. The van der Waals surface area contributed by atoms with Crippen LogP contribution in [0.15, 0.2) is 24.3 Å². The topological polar surface area (TPSA) is 37.3 Å². The molecule has 0 atom stereocenters. The number of rotatable bonds is 6. The summed E-state index contributed by atoms with van der Waals surface area (Å²) in [6.45, 7) is 2.10. The van der Waals surface area contributed by atoms with E-state index in [2.05, 4.69) is 19.1 Å². The molecule has 1 rings (SSSR count). The van der Waals surface area contributed by atoms with E-state index in [1.165, 1.54) is 11.1 Å². The third-order valence-electron chi connectivity index (χ3n) is 2.20. The van der Waals surface area contributed by atoms with Gasteiger partial charge >= 0.3 is 5.97 Å². The highest BCUT2D eigenvalue weighted by Crippen LogP contribution is 2.16. The quantitative estimate of drug-likeness (QED) is 0.754. The third-order valence-corrected chi connectivity index (χ3v) is 3.29. The van der Waals surface area contributed by atoms with Gasteiger partial charge in [-0.2, -0.15) is 11.8 Å². The van der Waals surface area contributed by atoms with E-state index < -0.39 is 5.97 Å². The number of hydrogen-bond donors (Lipinski definition) is 1. The Morgan fingerprint density at radius 2 is 2.13 bits per heavy atom. The highest BCUT2D eigenvalue weighted by atomic mass is 32.2. The number of carboxylic acid groups (broad SMARTS) is 1. The fourth-order valence-corrected chi connectivity index (χ4v) is 2.32. The molecule has 0 aromatic heterocycles. The molecule has 1 N–H and O–H groups in total. The molecule has 0 bridgehead atoms. The van der Waals surface area contributed by atoms with Crippen molar-refractivity contribution in [1.29, 1.82) is 0 Å². The van der Waals surface area contributed by atoms with Gasteiger partial charge in [0.05, 0.1) is 0 Å². The van der Waals surface area contributed by atoms with Gasteiger partial charge in [-0.3, -0.25) is 4.79 Å². The number of carboxylic acids is 1. The standard InChI is InChI=1S/C12H16O2S/c1-10-5-2-3-6-11(10)9-15-8-4-7-12(13)14/h2-3,5-6H,4,7-9H2,1H3,(H,13,14). The first-order chi connectivity index (χ1) is 7.20. The molecule has 0 saturated carbocycles. The Bertz CT molecular complexity index is 323. The van der Waals surface area contributed by atoms with Gasteiger partial charge in [0.1, 0.15) is 0 Å². The predicted octanol–water partition coefficient (Wildman–Crippen LogP) is 3.09. The summed E-state index contributed by atoms with van der Waals surface area (Å²) in [5.41, 5.74) is 2.65. The van der Waals surface area contributed by atoms with Crippen LogP contribution in [0.25, 0.3) is 0 Å². The molecule has 0 amide bonds. The number of benzene rings is 1. The first-order valence-electron chi connectivity index (χ1n) is 5.04. The smallest absolute Gasteiger partial charge is 0.303 e. The molecule has 0 aliphatic carbocycles. The molecule has 0 spiro atoms. The average molecular weight is 224 g/mol. The molecule has 0 saturated heterocycles. The number of aliphatic carboxylic acids is 1. The Morgan fingerprint density at radius 3 is 2.80 bits per heavy atom. The van der Waals surface area contributed by atoms with Gasteiger partial charge in [0.25, 0.3) is 0 Å². The van der Waals surface area contributed by atoms with E-state index >= 15 is 0 Å². The summed E-state index contributed by atoms with van der Waals surface area (Å²) in [7, 11) is 0. The van der Waals surface area contributed by atoms with E-state index in [-0.39, 0.29) is 6.42 Å². The molecule has 3 heteroatoms. The molecular formula is C12H16O2S. The van der Waals surface area contributed by atoms with Crippen LogP contribution in [0, 0.1) is 6.92 Å². The van der Waals surface area contributed by atoms with Crippen LogP contribution in [0.1, 0.15) is 24.0 Å². The van der Waals surface area contributed by atoms with Crippen LogP contribution in [0.3, 0.4) is 0 Å². The van der Waals surface area contributed by atoms with Gasteiger partial charge in [-0.1, -0.05) is 24.3 Å². The molecule has 82 valence electrons. The van der Waals surface area contributed by atoms with Crippen LogP contribution in [0.4, 0.5) is 0 Å². The summed E-state index contributed by atoms with van der Waals surface area (Å²) < 4.78 is 0. The summed E-state index contributed by atoms with van der Waals surface area (Å²) in [6, 6.07) is 8.31. The molecule has 2 nitrogen and oxygen atoms in total. The van der Waals surface area contributed by atoms with Gasteiger partial charge in [0, 0.05) is 12.2 Å². The van der Waals surface area contributed by atoms with Crippen molar-refractivity contribution in [3.05, 3.63) is 35.4 Å². The number of hydrogen-bond acceptors (Lipinski definition) is 2.